The Labute approximate surface area is 136 Å². The van der Waals surface area contributed by atoms with Crippen LogP contribution in [0.15, 0.2) is 16.7 Å². The number of rotatable bonds is 4. The van der Waals surface area contributed by atoms with Crippen molar-refractivity contribution in [2.75, 3.05) is 0 Å². The largest absolute Gasteiger partial charge is 0.483 e. The van der Waals surface area contributed by atoms with Crippen LogP contribution in [0.4, 0.5) is 0 Å². The highest BCUT2D eigenvalue weighted by Gasteiger charge is 2.39. The Bertz CT molecular complexity index is 642. The summed E-state index contributed by atoms with van der Waals surface area (Å²) in [4.78, 5) is 4.37. The molecule has 1 fully saturated rings. The molecule has 0 atom stereocenters. The summed E-state index contributed by atoms with van der Waals surface area (Å²) >= 11 is 0. The molecule has 1 saturated carbocycles. The Morgan fingerprint density at radius 1 is 1.23 bits per heavy atom. The van der Waals surface area contributed by atoms with Crippen molar-refractivity contribution in [1.29, 1.82) is 0 Å². The second kappa shape index (κ2) is 6.26. The van der Waals surface area contributed by atoms with Gasteiger partial charge in [0, 0.05) is 0 Å². The van der Waals surface area contributed by atoms with Crippen LogP contribution in [0.25, 0.3) is 0 Å². The molecule has 1 aliphatic carbocycles. The van der Waals surface area contributed by atoms with Gasteiger partial charge in [-0.15, -0.1) is 12.4 Å². The van der Waals surface area contributed by atoms with E-state index in [1.807, 2.05) is 13.8 Å². The van der Waals surface area contributed by atoms with Crippen molar-refractivity contribution < 1.29 is 9.26 Å². The molecule has 2 aromatic rings. The molecular weight excluding hydrogens is 302 g/mol. The molecule has 0 spiro atoms. The minimum Gasteiger partial charge on any atom is -0.483 e. The van der Waals surface area contributed by atoms with E-state index in [9.17, 15) is 0 Å². The molecule has 22 heavy (non-hydrogen) atoms. The van der Waals surface area contributed by atoms with Gasteiger partial charge < -0.3 is 15.0 Å². The quantitative estimate of drug-likeness (QED) is 0.934. The fourth-order valence-electron chi connectivity index (χ4n) is 2.83. The first kappa shape index (κ1) is 16.8. The molecule has 2 N–H and O–H groups in total. The summed E-state index contributed by atoms with van der Waals surface area (Å²) in [7, 11) is 0. The second-order valence-electron chi connectivity index (χ2n) is 6.04. The van der Waals surface area contributed by atoms with Gasteiger partial charge in [0.2, 0.25) is 0 Å². The maximum atomic E-state index is 6.18. The van der Waals surface area contributed by atoms with Gasteiger partial charge in [0.05, 0.1) is 5.54 Å². The smallest absolute Gasteiger partial charge is 0.264 e. The molecule has 0 amide bonds. The molecular formula is C16H22ClN3O2. The highest BCUT2D eigenvalue weighted by molar-refractivity contribution is 5.85. The molecule has 1 heterocycles. The normalized spacial score (nSPS) is 15.8. The number of ether oxygens (including phenoxy) is 1. The average molecular weight is 324 g/mol. The summed E-state index contributed by atoms with van der Waals surface area (Å²) in [6.07, 6.45) is 2.96. The van der Waals surface area contributed by atoms with Gasteiger partial charge in [0.1, 0.15) is 5.75 Å². The Hall–Kier alpha value is -1.59. The average Bonchev–Trinajstić information content (AvgIpc) is 2.83. The fourth-order valence-corrected chi connectivity index (χ4v) is 2.83. The Morgan fingerprint density at radius 2 is 1.86 bits per heavy atom. The van der Waals surface area contributed by atoms with E-state index in [1.54, 1.807) is 0 Å². The second-order valence-corrected chi connectivity index (χ2v) is 6.04. The molecule has 6 heteroatoms. The van der Waals surface area contributed by atoms with Gasteiger partial charge in [0.15, 0.2) is 12.4 Å². The van der Waals surface area contributed by atoms with Crippen molar-refractivity contribution in [1.82, 2.24) is 10.1 Å². The highest BCUT2D eigenvalue weighted by atomic mass is 35.5. The lowest BCUT2D eigenvalue weighted by Gasteiger charge is -2.34. The Balaban J connectivity index is 0.00000176. The Kier molecular flexibility index (Phi) is 4.78. The summed E-state index contributed by atoms with van der Waals surface area (Å²) in [5.74, 6) is 1.96. The summed E-state index contributed by atoms with van der Waals surface area (Å²) in [5, 5.41) is 3.99. The number of benzene rings is 1. The summed E-state index contributed by atoms with van der Waals surface area (Å²) < 4.78 is 11.1. The minimum atomic E-state index is -0.391. The van der Waals surface area contributed by atoms with Crippen LogP contribution in [0.3, 0.4) is 0 Å². The van der Waals surface area contributed by atoms with E-state index in [-0.39, 0.29) is 19.0 Å². The van der Waals surface area contributed by atoms with Crippen molar-refractivity contribution in [3.8, 4) is 5.75 Å². The van der Waals surface area contributed by atoms with Crippen LogP contribution in [-0.4, -0.2) is 10.1 Å². The third-order valence-corrected chi connectivity index (χ3v) is 4.10. The predicted octanol–water partition coefficient (Wildman–Crippen LogP) is 3.33. The van der Waals surface area contributed by atoms with Crippen molar-refractivity contribution >= 4 is 12.4 Å². The monoisotopic (exact) mass is 323 g/mol. The molecule has 1 aromatic heterocycles. The molecule has 0 unspecified atom stereocenters. The fraction of sp³-hybridized carbons (Fsp3) is 0.500. The van der Waals surface area contributed by atoms with Crippen LogP contribution < -0.4 is 10.5 Å². The van der Waals surface area contributed by atoms with Crippen molar-refractivity contribution in [3.05, 3.63) is 40.5 Å². The molecule has 1 aliphatic rings. The van der Waals surface area contributed by atoms with Gasteiger partial charge in [-0.3, -0.25) is 0 Å². The SMILES string of the molecule is Cc1cc(C)c(OCc2nc(C3(N)CCC3)no2)c(C)c1.Cl. The third kappa shape index (κ3) is 3.10. The van der Waals surface area contributed by atoms with Crippen LogP contribution in [0, 0.1) is 20.8 Å². The zero-order chi connectivity index (χ0) is 15.0. The molecule has 1 aromatic carbocycles. The van der Waals surface area contributed by atoms with Crippen molar-refractivity contribution in [3.63, 3.8) is 0 Å². The molecule has 0 bridgehead atoms. The van der Waals surface area contributed by atoms with Crippen LogP contribution in [-0.2, 0) is 12.1 Å². The summed E-state index contributed by atoms with van der Waals surface area (Å²) in [6.45, 7) is 6.43. The van der Waals surface area contributed by atoms with Crippen LogP contribution in [0.2, 0.25) is 0 Å². The van der Waals surface area contributed by atoms with E-state index in [1.165, 1.54) is 5.56 Å². The van der Waals surface area contributed by atoms with Crippen LogP contribution in [0.5, 0.6) is 5.75 Å². The number of aromatic nitrogens is 2. The number of aryl methyl sites for hydroxylation is 3. The van der Waals surface area contributed by atoms with E-state index in [0.717, 1.165) is 36.1 Å². The maximum Gasteiger partial charge on any atom is 0.264 e. The zero-order valence-electron chi connectivity index (χ0n) is 13.2. The van der Waals surface area contributed by atoms with Crippen molar-refractivity contribution in [2.24, 2.45) is 5.73 Å². The zero-order valence-corrected chi connectivity index (χ0v) is 14.0. The van der Waals surface area contributed by atoms with E-state index >= 15 is 0 Å². The number of hydrogen-bond acceptors (Lipinski definition) is 5. The summed E-state index contributed by atoms with van der Waals surface area (Å²) in [5.41, 5.74) is 9.25. The Morgan fingerprint density at radius 3 is 2.41 bits per heavy atom. The van der Waals surface area contributed by atoms with Gasteiger partial charge in [0.25, 0.3) is 5.89 Å². The lowest BCUT2D eigenvalue weighted by atomic mass is 9.77. The van der Waals surface area contributed by atoms with E-state index in [2.05, 4.69) is 29.2 Å². The number of halogens is 1. The van der Waals surface area contributed by atoms with Gasteiger partial charge in [-0.05, 0) is 51.2 Å². The van der Waals surface area contributed by atoms with Gasteiger partial charge in [-0.25, -0.2) is 0 Å². The lowest BCUT2D eigenvalue weighted by Crippen LogP contribution is -2.44. The number of nitrogens with zero attached hydrogens (tertiary/aromatic N) is 2. The maximum absolute atomic E-state index is 6.18. The van der Waals surface area contributed by atoms with Crippen molar-refractivity contribution in [2.45, 2.75) is 52.2 Å². The summed E-state index contributed by atoms with van der Waals surface area (Å²) in [6, 6.07) is 4.20. The van der Waals surface area contributed by atoms with E-state index in [0.29, 0.717) is 11.7 Å². The molecule has 0 saturated heterocycles. The first-order valence-electron chi connectivity index (χ1n) is 7.30. The first-order valence-corrected chi connectivity index (χ1v) is 7.30. The first-order chi connectivity index (χ1) is 9.98. The molecule has 3 rings (SSSR count). The minimum absolute atomic E-state index is 0. The molecule has 0 radical (unpaired) electrons. The molecule has 120 valence electrons. The lowest BCUT2D eigenvalue weighted by molar-refractivity contribution is 0.222. The van der Waals surface area contributed by atoms with E-state index in [4.69, 9.17) is 15.0 Å². The number of hydrogen-bond donors (Lipinski definition) is 1. The molecule has 5 nitrogen and oxygen atoms in total. The van der Waals surface area contributed by atoms with Gasteiger partial charge >= 0.3 is 0 Å². The third-order valence-electron chi connectivity index (χ3n) is 4.10. The van der Waals surface area contributed by atoms with Gasteiger partial charge in [-0.2, -0.15) is 4.98 Å². The predicted molar refractivity (Wildman–Crippen MR) is 86.2 cm³/mol. The van der Waals surface area contributed by atoms with Crippen LogP contribution in [0.1, 0.15) is 47.7 Å². The van der Waals surface area contributed by atoms with Crippen LogP contribution >= 0.6 is 12.4 Å². The van der Waals surface area contributed by atoms with Gasteiger partial charge in [-0.1, -0.05) is 22.9 Å². The molecule has 0 aliphatic heterocycles. The van der Waals surface area contributed by atoms with E-state index < -0.39 is 5.54 Å². The topological polar surface area (TPSA) is 74.2 Å². The standard InChI is InChI=1S/C16H21N3O2.ClH/c1-10-7-11(2)14(12(3)8-10)20-9-13-18-15(19-21-13)16(17)5-4-6-16;/h7-8H,4-6,9,17H2,1-3H3;1H. The highest BCUT2D eigenvalue weighted by Crippen LogP contribution is 2.37. The number of nitrogens with two attached hydrogens (primary N) is 1.